The molecule has 0 aromatic carbocycles. The highest BCUT2D eigenvalue weighted by molar-refractivity contribution is 6.29. The average Bonchev–Trinajstić information content (AvgIpc) is 2.74. The monoisotopic (exact) mass is 269 g/mol. The van der Waals surface area contributed by atoms with Gasteiger partial charge >= 0.3 is 5.97 Å². The van der Waals surface area contributed by atoms with Gasteiger partial charge in [-0.25, -0.2) is 14.3 Å². The lowest BCUT2D eigenvalue weighted by Gasteiger charge is -2.03. The Morgan fingerprint density at radius 3 is 3.00 bits per heavy atom. The van der Waals surface area contributed by atoms with E-state index in [1.54, 1.807) is 20.1 Å². The Morgan fingerprint density at radius 1 is 1.56 bits per heavy atom. The maximum absolute atomic E-state index is 11.7. The number of rotatable bonds is 4. The Bertz CT molecular complexity index is 582. The fourth-order valence-corrected chi connectivity index (χ4v) is 1.80. The topological polar surface area (TPSA) is 65.7 Å². The number of hydrogen-bond donors (Lipinski definition) is 0. The fraction of sp³-hybridized carbons (Fsp3) is 0.364. The molecular weight excluding hydrogens is 258 g/mol. The van der Waals surface area contributed by atoms with Gasteiger partial charge in [-0.2, -0.15) is 5.10 Å². The van der Waals surface area contributed by atoms with E-state index in [1.165, 1.54) is 10.7 Å². The van der Waals surface area contributed by atoms with Crippen molar-refractivity contribution in [1.82, 2.24) is 14.6 Å². The Labute approximate surface area is 108 Å². The number of nitrogens with zero attached hydrogens (tertiary/aromatic N) is 3. The lowest BCUT2D eigenvalue weighted by molar-refractivity contribution is 0.0528. The molecule has 2 heterocycles. The fourth-order valence-electron chi connectivity index (χ4n) is 1.55. The van der Waals surface area contributed by atoms with E-state index in [9.17, 15) is 4.79 Å². The number of methoxy groups -OCH3 is 1. The molecule has 0 aliphatic heterocycles. The van der Waals surface area contributed by atoms with Crippen molar-refractivity contribution in [3.8, 4) is 0 Å². The van der Waals surface area contributed by atoms with Crippen LogP contribution in [0.3, 0.4) is 0 Å². The predicted molar refractivity (Wildman–Crippen MR) is 64.7 cm³/mol. The second kappa shape index (κ2) is 5.32. The van der Waals surface area contributed by atoms with Gasteiger partial charge in [0.1, 0.15) is 10.7 Å². The average molecular weight is 270 g/mol. The maximum atomic E-state index is 11.7. The highest BCUT2D eigenvalue weighted by Crippen LogP contribution is 2.17. The van der Waals surface area contributed by atoms with Gasteiger partial charge < -0.3 is 9.47 Å². The molecule has 7 heteroatoms. The summed E-state index contributed by atoms with van der Waals surface area (Å²) in [6.45, 7) is 2.34. The Kier molecular flexibility index (Phi) is 3.78. The van der Waals surface area contributed by atoms with Crippen LogP contribution in [0.2, 0.25) is 5.15 Å². The molecule has 0 N–H and O–H groups in total. The van der Waals surface area contributed by atoms with Gasteiger partial charge in [0.15, 0.2) is 5.65 Å². The second-order valence-electron chi connectivity index (χ2n) is 3.52. The van der Waals surface area contributed by atoms with Crippen LogP contribution in [-0.2, 0) is 16.1 Å². The lowest BCUT2D eigenvalue weighted by Crippen LogP contribution is -2.06. The quantitative estimate of drug-likeness (QED) is 0.624. The summed E-state index contributed by atoms with van der Waals surface area (Å²) in [6.07, 6.45) is 1.39. The van der Waals surface area contributed by atoms with Gasteiger partial charge in [-0.1, -0.05) is 11.6 Å². The molecule has 0 aliphatic rings. The summed E-state index contributed by atoms with van der Waals surface area (Å²) < 4.78 is 11.3. The second-order valence-corrected chi connectivity index (χ2v) is 3.90. The molecule has 0 unspecified atom stereocenters. The molecule has 2 aromatic rings. The number of ether oxygens (including phenoxy) is 2. The standard InChI is InChI=1S/C11H12ClN3O3/c1-3-18-11(16)8-5-13-15-9(12)4-7(6-17-2)14-10(8)15/h4-5H,3,6H2,1-2H3. The number of aromatic nitrogens is 3. The van der Waals surface area contributed by atoms with E-state index in [4.69, 9.17) is 21.1 Å². The zero-order valence-corrected chi connectivity index (χ0v) is 10.8. The van der Waals surface area contributed by atoms with Gasteiger partial charge in [0, 0.05) is 7.11 Å². The highest BCUT2D eigenvalue weighted by atomic mass is 35.5. The number of fused-ring (bicyclic) bond motifs is 1. The number of hydrogen-bond acceptors (Lipinski definition) is 5. The molecule has 0 bridgehead atoms. The van der Waals surface area contributed by atoms with Crippen molar-refractivity contribution in [3.63, 3.8) is 0 Å². The van der Waals surface area contributed by atoms with E-state index >= 15 is 0 Å². The van der Waals surface area contributed by atoms with E-state index < -0.39 is 5.97 Å². The van der Waals surface area contributed by atoms with Crippen molar-refractivity contribution in [2.24, 2.45) is 0 Å². The molecule has 0 radical (unpaired) electrons. The van der Waals surface area contributed by atoms with Crippen LogP contribution in [0.5, 0.6) is 0 Å². The van der Waals surface area contributed by atoms with Crippen LogP contribution < -0.4 is 0 Å². The molecule has 0 amide bonds. The smallest absolute Gasteiger partial charge is 0.343 e. The Balaban J connectivity index is 2.52. The van der Waals surface area contributed by atoms with Crippen LogP contribution in [0.15, 0.2) is 12.3 Å². The molecule has 96 valence electrons. The summed E-state index contributed by atoms with van der Waals surface area (Å²) in [5.41, 5.74) is 1.28. The lowest BCUT2D eigenvalue weighted by atomic mass is 10.3. The van der Waals surface area contributed by atoms with E-state index in [0.29, 0.717) is 29.7 Å². The third kappa shape index (κ3) is 2.30. The third-order valence-electron chi connectivity index (χ3n) is 2.27. The molecule has 18 heavy (non-hydrogen) atoms. The molecule has 2 aromatic heterocycles. The zero-order chi connectivity index (χ0) is 13.1. The minimum Gasteiger partial charge on any atom is -0.462 e. The Hall–Kier alpha value is -1.66. The van der Waals surface area contributed by atoms with Crippen molar-refractivity contribution in [3.05, 3.63) is 28.7 Å². The molecule has 6 nitrogen and oxygen atoms in total. The first-order valence-electron chi connectivity index (χ1n) is 5.36. The van der Waals surface area contributed by atoms with Gasteiger partial charge in [0.25, 0.3) is 0 Å². The predicted octanol–water partition coefficient (Wildman–Crippen LogP) is 1.71. The molecule has 0 atom stereocenters. The zero-order valence-electron chi connectivity index (χ0n) is 10.0. The largest absolute Gasteiger partial charge is 0.462 e. The summed E-state index contributed by atoms with van der Waals surface area (Å²) >= 11 is 6.05. The summed E-state index contributed by atoms with van der Waals surface area (Å²) in [5.74, 6) is -0.467. The van der Waals surface area contributed by atoms with Crippen LogP contribution in [0.4, 0.5) is 0 Å². The SMILES string of the molecule is CCOC(=O)c1cnn2c(Cl)cc(COC)nc12. The van der Waals surface area contributed by atoms with Gasteiger partial charge in [0.2, 0.25) is 0 Å². The van der Waals surface area contributed by atoms with Crippen molar-refractivity contribution in [1.29, 1.82) is 0 Å². The molecule has 0 spiro atoms. The summed E-state index contributed by atoms with van der Waals surface area (Å²) in [7, 11) is 1.56. The molecule has 2 rings (SSSR count). The normalized spacial score (nSPS) is 10.8. The minimum atomic E-state index is -0.467. The van der Waals surface area contributed by atoms with Crippen molar-refractivity contribution >= 4 is 23.2 Å². The number of halogens is 1. The van der Waals surface area contributed by atoms with Crippen LogP contribution in [0, 0.1) is 0 Å². The van der Waals surface area contributed by atoms with Gasteiger partial charge in [-0.05, 0) is 13.0 Å². The summed E-state index contributed by atoms with van der Waals surface area (Å²) in [5, 5.41) is 4.37. The summed E-state index contributed by atoms with van der Waals surface area (Å²) in [4.78, 5) is 16.0. The van der Waals surface area contributed by atoms with Crippen molar-refractivity contribution in [2.45, 2.75) is 13.5 Å². The maximum Gasteiger partial charge on any atom is 0.343 e. The first kappa shape index (κ1) is 12.8. The van der Waals surface area contributed by atoms with Gasteiger partial charge in [0.05, 0.1) is 25.1 Å². The molecule has 0 fully saturated rings. The van der Waals surface area contributed by atoms with Crippen LogP contribution >= 0.6 is 11.6 Å². The molecule has 0 saturated heterocycles. The van der Waals surface area contributed by atoms with E-state index in [-0.39, 0.29) is 5.56 Å². The Morgan fingerprint density at radius 2 is 2.33 bits per heavy atom. The minimum absolute atomic E-state index is 0.289. The third-order valence-corrected chi connectivity index (χ3v) is 2.54. The van der Waals surface area contributed by atoms with Crippen molar-refractivity contribution < 1.29 is 14.3 Å². The van der Waals surface area contributed by atoms with Crippen molar-refractivity contribution in [2.75, 3.05) is 13.7 Å². The number of carbonyl (C=O) groups is 1. The van der Waals surface area contributed by atoms with E-state index in [2.05, 4.69) is 10.1 Å². The molecule has 0 saturated carbocycles. The van der Waals surface area contributed by atoms with E-state index in [0.717, 1.165) is 0 Å². The highest BCUT2D eigenvalue weighted by Gasteiger charge is 2.17. The van der Waals surface area contributed by atoms with Gasteiger partial charge in [-0.3, -0.25) is 0 Å². The van der Waals surface area contributed by atoms with Gasteiger partial charge in [-0.15, -0.1) is 0 Å². The van der Waals surface area contributed by atoms with Crippen LogP contribution in [0.25, 0.3) is 5.65 Å². The first-order chi connectivity index (χ1) is 8.67. The summed E-state index contributed by atoms with van der Waals surface area (Å²) in [6, 6.07) is 1.64. The molecular formula is C11H12ClN3O3. The van der Waals surface area contributed by atoms with E-state index in [1.807, 2.05) is 0 Å². The molecule has 0 aliphatic carbocycles. The van der Waals surface area contributed by atoms with Crippen LogP contribution in [0.1, 0.15) is 23.0 Å². The first-order valence-corrected chi connectivity index (χ1v) is 5.74. The van der Waals surface area contributed by atoms with Crippen LogP contribution in [-0.4, -0.2) is 34.3 Å². The number of esters is 1. The number of carbonyl (C=O) groups excluding carboxylic acids is 1.